The Morgan fingerprint density at radius 3 is 2.47 bits per heavy atom. The van der Waals surface area contributed by atoms with E-state index in [-0.39, 0.29) is 11.7 Å². The molecule has 7 heteroatoms. The normalized spacial score (nSPS) is 10.8. The van der Waals surface area contributed by atoms with Crippen molar-refractivity contribution in [2.75, 3.05) is 11.1 Å². The molecule has 0 aliphatic rings. The summed E-state index contributed by atoms with van der Waals surface area (Å²) in [7, 11) is 0. The van der Waals surface area contributed by atoms with Crippen molar-refractivity contribution < 1.29 is 9.53 Å². The van der Waals surface area contributed by atoms with Gasteiger partial charge in [-0.1, -0.05) is 36.0 Å². The summed E-state index contributed by atoms with van der Waals surface area (Å²) in [6.07, 6.45) is 0. The molecule has 0 unspecified atom stereocenters. The number of aromatic nitrogens is 3. The largest absolute Gasteiger partial charge is 0.485 e. The molecule has 1 N–H and O–H groups in total. The second-order valence-electron chi connectivity index (χ2n) is 7.21. The number of amides is 1. The lowest BCUT2D eigenvalue weighted by molar-refractivity contribution is -0.113. The van der Waals surface area contributed by atoms with Gasteiger partial charge in [0.25, 0.3) is 0 Å². The number of thioether (sulfide) groups is 1. The number of nitrogens with one attached hydrogen (secondary N) is 1. The van der Waals surface area contributed by atoms with Gasteiger partial charge >= 0.3 is 0 Å². The Morgan fingerprint density at radius 2 is 1.73 bits per heavy atom. The van der Waals surface area contributed by atoms with Gasteiger partial charge in [-0.15, -0.1) is 10.2 Å². The summed E-state index contributed by atoms with van der Waals surface area (Å²) >= 11 is 1.38. The zero-order valence-corrected chi connectivity index (χ0v) is 19.0. The van der Waals surface area contributed by atoms with E-state index in [1.165, 1.54) is 17.3 Å². The molecule has 1 aromatic heterocycles. The Bertz CT molecular complexity index is 1050. The van der Waals surface area contributed by atoms with Crippen molar-refractivity contribution in [1.82, 2.24) is 14.8 Å². The SMILES string of the molecule is CCn1c(COc2cccc(C)c2C)nnc1SCC(=O)Nc1cccc(C)c1C. The van der Waals surface area contributed by atoms with Gasteiger partial charge in [0.1, 0.15) is 12.4 Å². The molecule has 6 nitrogen and oxygen atoms in total. The summed E-state index contributed by atoms with van der Waals surface area (Å²) in [6.45, 7) is 11.2. The summed E-state index contributed by atoms with van der Waals surface area (Å²) in [5.41, 5.74) is 5.40. The number of anilines is 1. The maximum Gasteiger partial charge on any atom is 0.234 e. The molecular weight excluding hydrogens is 396 g/mol. The number of benzene rings is 2. The van der Waals surface area contributed by atoms with Crippen molar-refractivity contribution in [3.05, 3.63) is 64.5 Å². The molecule has 0 atom stereocenters. The van der Waals surface area contributed by atoms with E-state index in [9.17, 15) is 4.79 Å². The molecule has 3 rings (SSSR count). The van der Waals surface area contributed by atoms with Crippen LogP contribution in [0.5, 0.6) is 5.75 Å². The van der Waals surface area contributed by atoms with Crippen LogP contribution in [0.3, 0.4) is 0 Å². The van der Waals surface area contributed by atoms with Gasteiger partial charge in [0, 0.05) is 12.2 Å². The first kappa shape index (κ1) is 21.9. The van der Waals surface area contributed by atoms with Gasteiger partial charge in [0.15, 0.2) is 11.0 Å². The van der Waals surface area contributed by atoms with Crippen molar-refractivity contribution in [2.45, 2.75) is 52.9 Å². The first-order chi connectivity index (χ1) is 14.4. The molecule has 3 aromatic rings. The first-order valence-corrected chi connectivity index (χ1v) is 11.0. The van der Waals surface area contributed by atoms with Gasteiger partial charge < -0.3 is 14.6 Å². The maximum atomic E-state index is 12.4. The third kappa shape index (κ3) is 5.02. The van der Waals surface area contributed by atoms with Crippen molar-refractivity contribution in [3.63, 3.8) is 0 Å². The average molecular weight is 425 g/mol. The molecule has 1 amide bonds. The van der Waals surface area contributed by atoms with Crippen molar-refractivity contribution >= 4 is 23.4 Å². The number of ether oxygens (including phenoxy) is 1. The molecule has 0 spiro atoms. The molecule has 30 heavy (non-hydrogen) atoms. The Balaban J connectivity index is 1.62. The molecule has 0 saturated heterocycles. The molecule has 0 aliphatic carbocycles. The molecule has 0 fully saturated rings. The summed E-state index contributed by atoms with van der Waals surface area (Å²) in [5, 5.41) is 12.2. The fourth-order valence-electron chi connectivity index (χ4n) is 3.08. The van der Waals surface area contributed by atoms with E-state index >= 15 is 0 Å². The highest BCUT2D eigenvalue weighted by Crippen LogP contribution is 2.23. The van der Waals surface area contributed by atoms with Crippen LogP contribution in [0.15, 0.2) is 41.6 Å². The highest BCUT2D eigenvalue weighted by Gasteiger charge is 2.15. The topological polar surface area (TPSA) is 69.0 Å². The Morgan fingerprint density at radius 1 is 1.03 bits per heavy atom. The van der Waals surface area contributed by atoms with Gasteiger partial charge in [-0.2, -0.15) is 0 Å². The molecule has 0 saturated carbocycles. The van der Waals surface area contributed by atoms with E-state index < -0.39 is 0 Å². The van der Waals surface area contributed by atoms with E-state index in [1.807, 2.05) is 62.6 Å². The van der Waals surface area contributed by atoms with Gasteiger partial charge in [0.05, 0.1) is 5.75 Å². The maximum absolute atomic E-state index is 12.4. The fourth-order valence-corrected chi connectivity index (χ4v) is 3.90. The lowest BCUT2D eigenvalue weighted by Gasteiger charge is -2.12. The van der Waals surface area contributed by atoms with Crippen LogP contribution >= 0.6 is 11.8 Å². The van der Waals surface area contributed by atoms with Crippen LogP contribution in [0.25, 0.3) is 0 Å². The summed E-state index contributed by atoms with van der Waals surface area (Å²) < 4.78 is 7.96. The number of hydrogen-bond donors (Lipinski definition) is 1. The van der Waals surface area contributed by atoms with E-state index in [0.717, 1.165) is 34.0 Å². The summed E-state index contributed by atoms with van der Waals surface area (Å²) in [4.78, 5) is 12.4. The minimum atomic E-state index is -0.0625. The predicted molar refractivity (Wildman–Crippen MR) is 121 cm³/mol. The number of carbonyl (C=O) groups is 1. The van der Waals surface area contributed by atoms with E-state index in [4.69, 9.17) is 4.74 Å². The van der Waals surface area contributed by atoms with Gasteiger partial charge in [0.2, 0.25) is 5.91 Å². The highest BCUT2D eigenvalue weighted by molar-refractivity contribution is 7.99. The number of hydrogen-bond acceptors (Lipinski definition) is 5. The van der Waals surface area contributed by atoms with Gasteiger partial charge in [-0.05, 0) is 69.0 Å². The smallest absolute Gasteiger partial charge is 0.234 e. The fraction of sp³-hybridized carbons (Fsp3) is 0.348. The molecule has 0 bridgehead atoms. The van der Waals surface area contributed by atoms with Crippen molar-refractivity contribution in [1.29, 1.82) is 0 Å². The third-order valence-corrected chi connectivity index (χ3v) is 6.20. The molecule has 1 heterocycles. The zero-order valence-electron chi connectivity index (χ0n) is 18.2. The minimum absolute atomic E-state index is 0.0625. The second-order valence-corrected chi connectivity index (χ2v) is 8.16. The zero-order chi connectivity index (χ0) is 21.7. The number of rotatable bonds is 8. The van der Waals surface area contributed by atoms with Crippen LogP contribution in [0.2, 0.25) is 0 Å². The van der Waals surface area contributed by atoms with Crippen LogP contribution in [-0.2, 0) is 17.9 Å². The monoisotopic (exact) mass is 424 g/mol. The predicted octanol–water partition coefficient (Wildman–Crippen LogP) is 4.84. The minimum Gasteiger partial charge on any atom is -0.485 e. The molecule has 2 aromatic carbocycles. The van der Waals surface area contributed by atoms with Crippen LogP contribution in [0.4, 0.5) is 5.69 Å². The van der Waals surface area contributed by atoms with Gasteiger partial charge in [-0.3, -0.25) is 4.79 Å². The molecule has 0 aliphatic heterocycles. The molecule has 158 valence electrons. The lowest BCUT2D eigenvalue weighted by Crippen LogP contribution is -2.16. The van der Waals surface area contributed by atoms with E-state index in [0.29, 0.717) is 18.3 Å². The second kappa shape index (κ2) is 9.80. The van der Waals surface area contributed by atoms with Crippen LogP contribution < -0.4 is 10.1 Å². The van der Waals surface area contributed by atoms with Crippen LogP contribution in [-0.4, -0.2) is 26.4 Å². The van der Waals surface area contributed by atoms with Crippen LogP contribution in [0.1, 0.15) is 35.0 Å². The average Bonchev–Trinajstić information content (AvgIpc) is 3.13. The lowest BCUT2D eigenvalue weighted by atomic mass is 10.1. The van der Waals surface area contributed by atoms with Crippen LogP contribution in [0, 0.1) is 27.7 Å². The number of aryl methyl sites for hydroxylation is 2. The highest BCUT2D eigenvalue weighted by atomic mass is 32.2. The Labute approximate surface area is 182 Å². The van der Waals surface area contributed by atoms with Crippen molar-refractivity contribution in [2.24, 2.45) is 0 Å². The van der Waals surface area contributed by atoms with E-state index in [2.05, 4.69) is 28.5 Å². The quantitative estimate of drug-likeness (QED) is 0.524. The Kier molecular flexibility index (Phi) is 7.15. The number of nitrogens with zero attached hydrogens (tertiary/aromatic N) is 3. The third-order valence-electron chi connectivity index (χ3n) is 5.23. The summed E-state index contributed by atoms with van der Waals surface area (Å²) in [5.74, 6) is 1.80. The van der Waals surface area contributed by atoms with Crippen molar-refractivity contribution in [3.8, 4) is 5.75 Å². The summed E-state index contributed by atoms with van der Waals surface area (Å²) in [6, 6.07) is 11.9. The van der Waals surface area contributed by atoms with E-state index in [1.54, 1.807) is 0 Å². The first-order valence-electron chi connectivity index (χ1n) is 10.0. The molecular formula is C23H28N4O2S. The molecule has 0 radical (unpaired) electrons. The standard InChI is InChI=1S/C23H28N4O2S/c1-6-27-21(13-29-20-12-8-10-16(3)18(20)5)25-26-23(27)30-14-22(28)24-19-11-7-9-15(2)17(19)4/h7-12H,6,13-14H2,1-5H3,(H,24,28). The number of carbonyl (C=O) groups excluding carboxylic acids is 1. The Hall–Kier alpha value is -2.80. The van der Waals surface area contributed by atoms with Gasteiger partial charge in [-0.25, -0.2) is 0 Å².